The number of ether oxygens (including phenoxy) is 1. The largest absolute Gasteiger partial charge is 0.482 e. The summed E-state index contributed by atoms with van der Waals surface area (Å²) in [6.45, 7) is 4.49. The minimum Gasteiger partial charge on any atom is -0.482 e. The van der Waals surface area contributed by atoms with Crippen molar-refractivity contribution in [2.75, 3.05) is 12.3 Å². The summed E-state index contributed by atoms with van der Waals surface area (Å²) in [5.74, 6) is 1.81. The topological polar surface area (TPSA) is 78.0 Å². The van der Waals surface area contributed by atoms with E-state index in [0.29, 0.717) is 21.6 Å². The molecule has 0 saturated carbocycles. The number of nitrogens with two attached hydrogens (primary N) is 1. The fourth-order valence-corrected chi connectivity index (χ4v) is 3.55. The van der Waals surface area contributed by atoms with Gasteiger partial charge in [-0.3, -0.25) is 0 Å². The van der Waals surface area contributed by atoms with Crippen molar-refractivity contribution in [1.29, 1.82) is 0 Å². The highest BCUT2D eigenvalue weighted by Gasteiger charge is 2.17. The van der Waals surface area contributed by atoms with Gasteiger partial charge in [0.2, 0.25) is 0 Å². The molecule has 0 bridgehead atoms. The highest BCUT2D eigenvalue weighted by Crippen LogP contribution is 2.33. The molecular weight excluding hydrogens is 385 g/mol. The van der Waals surface area contributed by atoms with E-state index in [-0.39, 0.29) is 6.10 Å². The lowest BCUT2D eigenvalue weighted by Gasteiger charge is -2.18. The van der Waals surface area contributed by atoms with Crippen LogP contribution in [0, 0.1) is 0 Å². The Bertz CT molecular complexity index is 965. The maximum atomic E-state index is 6.28. The average molecular weight is 404 g/mol. The Kier molecular flexibility index (Phi) is 4.95. The number of hydrogen-bond acceptors (Lipinski definition) is 5. The second-order valence-corrected chi connectivity index (χ2v) is 7.29. The molecular formula is C19H19Cl2N5O. The van der Waals surface area contributed by atoms with Gasteiger partial charge in [-0.1, -0.05) is 23.2 Å². The normalized spacial score (nSPS) is 14.6. The number of nitrogens with zero attached hydrogens (tertiary/aromatic N) is 3. The molecule has 4 rings (SSSR count). The first-order valence-corrected chi connectivity index (χ1v) is 9.41. The summed E-state index contributed by atoms with van der Waals surface area (Å²) in [4.78, 5) is 8.96. The SMILES string of the molecule is C[C@@H](Oc1cc(-c2cn3c(n2)CNCC3)cnc1N)c1cc(Cl)ccc1Cl. The second-order valence-electron chi connectivity index (χ2n) is 6.45. The number of fused-ring (bicyclic) bond motifs is 1. The predicted molar refractivity (Wildman–Crippen MR) is 107 cm³/mol. The molecule has 6 nitrogen and oxygen atoms in total. The number of halogens is 2. The van der Waals surface area contributed by atoms with Crippen LogP contribution in [-0.2, 0) is 13.1 Å². The van der Waals surface area contributed by atoms with Gasteiger partial charge in [0.1, 0.15) is 11.9 Å². The summed E-state index contributed by atoms with van der Waals surface area (Å²) in [5, 5.41) is 4.50. The van der Waals surface area contributed by atoms with Gasteiger partial charge >= 0.3 is 0 Å². The third kappa shape index (κ3) is 3.74. The van der Waals surface area contributed by atoms with Gasteiger partial charge in [0.05, 0.1) is 12.2 Å². The third-order valence-corrected chi connectivity index (χ3v) is 5.13. The zero-order valence-corrected chi connectivity index (χ0v) is 16.3. The molecule has 0 spiro atoms. The van der Waals surface area contributed by atoms with Gasteiger partial charge in [0.25, 0.3) is 0 Å². The molecule has 3 N–H and O–H groups in total. The van der Waals surface area contributed by atoms with Gasteiger partial charge in [-0.2, -0.15) is 0 Å². The number of aromatic nitrogens is 3. The van der Waals surface area contributed by atoms with Gasteiger partial charge in [-0.05, 0) is 31.2 Å². The lowest BCUT2D eigenvalue weighted by atomic mass is 10.1. The van der Waals surface area contributed by atoms with Crippen LogP contribution >= 0.6 is 23.2 Å². The molecule has 140 valence electrons. The summed E-state index contributed by atoms with van der Waals surface area (Å²) in [6, 6.07) is 7.14. The quantitative estimate of drug-likeness (QED) is 0.685. The molecule has 2 aromatic heterocycles. The third-order valence-electron chi connectivity index (χ3n) is 4.55. The van der Waals surface area contributed by atoms with Crippen molar-refractivity contribution in [1.82, 2.24) is 19.9 Å². The summed E-state index contributed by atoms with van der Waals surface area (Å²) < 4.78 is 8.20. The number of hydrogen-bond donors (Lipinski definition) is 2. The molecule has 27 heavy (non-hydrogen) atoms. The van der Waals surface area contributed by atoms with Gasteiger partial charge in [0, 0.05) is 46.7 Å². The molecule has 0 radical (unpaired) electrons. The van der Waals surface area contributed by atoms with E-state index >= 15 is 0 Å². The molecule has 0 aliphatic carbocycles. The number of benzene rings is 1. The smallest absolute Gasteiger partial charge is 0.166 e. The van der Waals surface area contributed by atoms with Crippen LogP contribution in [0.1, 0.15) is 24.4 Å². The zero-order chi connectivity index (χ0) is 19.0. The van der Waals surface area contributed by atoms with E-state index in [1.54, 1.807) is 24.4 Å². The molecule has 8 heteroatoms. The number of pyridine rings is 1. The van der Waals surface area contributed by atoms with Crippen molar-refractivity contribution in [3.63, 3.8) is 0 Å². The van der Waals surface area contributed by atoms with Crippen LogP contribution in [-0.4, -0.2) is 21.1 Å². The van der Waals surface area contributed by atoms with Gasteiger partial charge in [-0.15, -0.1) is 0 Å². The fourth-order valence-electron chi connectivity index (χ4n) is 3.10. The lowest BCUT2D eigenvalue weighted by Crippen LogP contribution is -2.27. The summed E-state index contributed by atoms with van der Waals surface area (Å²) >= 11 is 12.4. The van der Waals surface area contributed by atoms with E-state index < -0.39 is 0 Å². The maximum Gasteiger partial charge on any atom is 0.166 e. The van der Waals surface area contributed by atoms with E-state index in [4.69, 9.17) is 33.7 Å². The zero-order valence-electron chi connectivity index (χ0n) is 14.7. The standard InChI is InChI=1S/C19H19Cl2N5O/c1-11(14-7-13(20)2-3-15(14)21)27-17-6-12(8-24-19(17)22)16-10-26-5-4-23-9-18(26)25-16/h2-3,6-8,10-11,23H,4-5,9H2,1H3,(H2,22,24)/t11-/m1/s1. The number of imidazole rings is 1. The predicted octanol–water partition coefficient (Wildman–Crippen LogP) is 4.08. The number of anilines is 1. The first-order valence-electron chi connectivity index (χ1n) is 8.65. The van der Waals surface area contributed by atoms with Crippen LogP contribution in [0.3, 0.4) is 0 Å². The molecule has 1 aliphatic heterocycles. The van der Waals surface area contributed by atoms with Crippen LogP contribution < -0.4 is 15.8 Å². The Morgan fingerprint density at radius 3 is 2.96 bits per heavy atom. The number of nitrogen functional groups attached to an aromatic ring is 1. The van der Waals surface area contributed by atoms with E-state index in [2.05, 4.69) is 19.9 Å². The first kappa shape index (κ1) is 18.1. The molecule has 1 aliphatic rings. The second kappa shape index (κ2) is 7.38. The van der Waals surface area contributed by atoms with Crippen molar-refractivity contribution in [3.05, 3.63) is 58.1 Å². The lowest BCUT2D eigenvalue weighted by molar-refractivity contribution is 0.228. The van der Waals surface area contributed by atoms with Crippen molar-refractivity contribution < 1.29 is 4.74 Å². The van der Waals surface area contributed by atoms with Crippen molar-refractivity contribution in [2.24, 2.45) is 0 Å². The van der Waals surface area contributed by atoms with E-state index in [1.165, 1.54) is 0 Å². The minimum absolute atomic E-state index is 0.314. The molecule has 3 aromatic rings. The maximum absolute atomic E-state index is 6.28. The van der Waals surface area contributed by atoms with Crippen LogP contribution in [0.25, 0.3) is 11.3 Å². The van der Waals surface area contributed by atoms with E-state index in [1.807, 2.05) is 19.2 Å². The average Bonchev–Trinajstić information content (AvgIpc) is 3.09. The van der Waals surface area contributed by atoms with Gasteiger partial charge in [0.15, 0.2) is 11.6 Å². The molecule has 3 heterocycles. The minimum atomic E-state index is -0.338. The van der Waals surface area contributed by atoms with E-state index in [9.17, 15) is 0 Å². The molecule has 0 saturated heterocycles. The van der Waals surface area contributed by atoms with Crippen LogP contribution in [0.4, 0.5) is 5.82 Å². The summed E-state index contributed by atoms with van der Waals surface area (Å²) in [6.07, 6.45) is 3.40. The Hall–Kier alpha value is -2.28. The molecule has 0 fully saturated rings. The fraction of sp³-hybridized carbons (Fsp3) is 0.263. The Balaban J connectivity index is 1.62. The highest BCUT2D eigenvalue weighted by atomic mass is 35.5. The van der Waals surface area contributed by atoms with Crippen molar-refractivity contribution in [3.8, 4) is 17.0 Å². The van der Waals surface area contributed by atoms with Gasteiger partial charge < -0.3 is 20.4 Å². The van der Waals surface area contributed by atoms with Crippen molar-refractivity contribution >= 4 is 29.0 Å². The number of rotatable bonds is 4. The molecule has 1 atom stereocenters. The Morgan fingerprint density at radius 1 is 1.30 bits per heavy atom. The highest BCUT2D eigenvalue weighted by molar-refractivity contribution is 6.33. The molecule has 1 aromatic carbocycles. The summed E-state index contributed by atoms with van der Waals surface area (Å²) in [5.41, 5.74) is 8.52. The van der Waals surface area contributed by atoms with Crippen LogP contribution in [0.15, 0.2) is 36.7 Å². The number of nitrogens with one attached hydrogen (secondary N) is 1. The molecule has 0 unspecified atom stereocenters. The molecule has 0 amide bonds. The van der Waals surface area contributed by atoms with Gasteiger partial charge in [-0.25, -0.2) is 9.97 Å². The van der Waals surface area contributed by atoms with Crippen LogP contribution in [0.2, 0.25) is 10.0 Å². The Morgan fingerprint density at radius 2 is 2.15 bits per heavy atom. The monoisotopic (exact) mass is 403 g/mol. The summed E-state index contributed by atoms with van der Waals surface area (Å²) in [7, 11) is 0. The van der Waals surface area contributed by atoms with E-state index in [0.717, 1.165) is 42.3 Å². The Labute approximate surface area is 167 Å². The van der Waals surface area contributed by atoms with Crippen LogP contribution in [0.5, 0.6) is 5.75 Å². The first-order chi connectivity index (χ1) is 13.0. The van der Waals surface area contributed by atoms with Crippen molar-refractivity contribution in [2.45, 2.75) is 26.1 Å².